The molecule has 0 saturated carbocycles. The molecule has 0 aromatic heterocycles. The van der Waals surface area contributed by atoms with Crippen LogP contribution in [0, 0.1) is 0 Å². The third-order valence-corrected chi connectivity index (χ3v) is 4.91. The van der Waals surface area contributed by atoms with Crippen molar-refractivity contribution in [1.82, 2.24) is 4.31 Å². The van der Waals surface area contributed by atoms with Crippen LogP contribution in [0.5, 0.6) is 0 Å². The van der Waals surface area contributed by atoms with E-state index in [9.17, 15) is 13.2 Å². The third kappa shape index (κ3) is 5.35. The molecule has 7 heteroatoms. The van der Waals surface area contributed by atoms with E-state index in [0.717, 1.165) is 5.56 Å². The Morgan fingerprint density at radius 3 is 2.52 bits per heavy atom. The van der Waals surface area contributed by atoms with Crippen LogP contribution in [-0.4, -0.2) is 37.6 Å². The molecule has 0 heterocycles. The van der Waals surface area contributed by atoms with Gasteiger partial charge >= 0.3 is 5.97 Å². The Hall–Kier alpha value is -1.60. The van der Waals surface area contributed by atoms with Gasteiger partial charge in [0.15, 0.2) is 0 Å². The van der Waals surface area contributed by atoms with Crippen LogP contribution >= 0.6 is 0 Å². The molecule has 2 N–H and O–H groups in total. The van der Waals surface area contributed by atoms with Crippen LogP contribution in [0.2, 0.25) is 0 Å². The number of ether oxygens (including phenoxy) is 1. The zero-order valence-corrected chi connectivity index (χ0v) is 13.2. The minimum atomic E-state index is -3.52. The lowest BCUT2D eigenvalue weighted by Gasteiger charge is -2.21. The molecular formula is C14H22N2O4S. The summed E-state index contributed by atoms with van der Waals surface area (Å²) in [5, 5.41) is 0. The van der Waals surface area contributed by atoms with Crippen LogP contribution in [0.25, 0.3) is 0 Å². The standard InChI is InChI=1S/C14H22N2O4S/c1-3-16(11-12-7-5-6-8-13(12)15)21(18,19)10-9-14(17)20-4-2/h5-8H,3-4,9-11,15H2,1-2H3. The number of carbonyl (C=O) groups is 1. The summed E-state index contributed by atoms with van der Waals surface area (Å²) in [6.07, 6.45) is -0.142. The van der Waals surface area contributed by atoms with E-state index < -0.39 is 16.0 Å². The maximum atomic E-state index is 12.3. The zero-order valence-electron chi connectivity index (χ0n) is 12.4. The monoisotopic (exact) mass is 314 g/mol. The number of benzene rings is 1. The van der Waals surface area contributed by atoms with Crippen molar-refractivity contribution in [3.05, 3.63) is 29.8 Å². The first kappa shape index (κ1) is 17.5. The molecule has 6 nitrogen and oxygen atoms in total. The molecule has 0 fully saturated rings. The highest BCUT2D eigenvalue weighted by Gasteiger charge is 2.22. The summed E-state index contributed by atoms with van der Waals surface area (Å²) in [6, 6.07) is 7.13. The highest BCUT2D eigenvalue weighted by Crippen LogP contribution is 2.16. The van der Waals surface area contributed by atoms with Gasteiger partial charge in [-0.3, -0.25) is 4.79 Å². The van der Waals surface area contributed by atoms with E-state index in [-0.39, 0.29) is 25.3 Å². The minimum Gasteiger partial charge on any atom is -0.466 e. The maximum Gasteiger partial charge on any atom is 0.306 e. The predicted octanol–water partition coefficient (Wildman–Crippen LogP) is 1.37. The van der Waals surface area contributed by atoms with Crippen molar-refractivity contribution in [3.63, 3.8) is 0 Å². The molecule has 118 valence electrons. The Morgan fingerprint density at radius 2 is 1.95 bits per heavy atom. The summed E-state index contributed by atoms with van der Waals surface area (Å²) in [5.74, 6) is -0.761. The quantitative estimate of drug-likeness (QED) is 0.578. The van der Waals surface area contributed by atoms with Gasteiger partial charge in [-0.15, -0.1) is 0 Å². The molecule has 0 spiro atoms. The van der Waals surface area contributed by atoms with Crippen LogP contribution in [0.3, 0.4) is 0 Å². The summed E-state index contributed by atoms with van der Waals surface area (Å²) in [5.41, 5.74) is 7.13. The Labute approximate surface area is 125 Å². The van der Waals surface area contributed by atoms with Gasteiger partial charge in [0.25, 0.3) is 0 Å². The van der Waals surface area contributed by atoms with Gasteiger partial charge in [0, 0.05) is 18.8 Å². The number of hydrogen-bond donors (Lipinski definition) is 1. The van der Waals surface area contributed by atoms with E-state index >= 15 is 0 Å². The second-order valence-corrected chi connectivity index (χ2v) is 6.58. The van der Waals surface area contributed by atoms with Crippen molar-refractivity contribution in [3.8, 4) is 0 Å². The van der Waals surface area contributed by atoms with E-state index in [1.54, 1.807) is 32.0 Å². The van der Waals surface area contributed by atoms with E-state index in [1.165, 1.54) is 4.31 Å². The fourth-order valence-electron chi connectivity index (χ4n) is 1.85. The van der Waals surface area contributed by atoms with Gasteiger partial charge in [-0.05, 0) is 18.6 Å². The highest BCUT2D eigenvalue weighted by molar-refractivity contribution is 7.89. The molecular weight excluding hydrogens is 292 g/mol. The second-order valence-electron chi connectivity index (χ2n) is 4.50. The molecule has 0 amide bonds. The first-order chi connectivity index (χ1) is 9.90. The molecule has 1 aromatic carbocycles. The molecule has 0 saturated heterocycles. The number of nitrogens with two attached hydrogens (primary N) is 1. The minimum absolute atomic E-state index is 0.142. The Bertz CT molecular complexity index is 572. The molecule has 0 radical (unpaired) electrons. The number of sulfonamides is 1. The van der Waals surface area contributed by atoms with Crippen molar-refractivity contribution in [2.24, 2.45) is 0 Å². The highest BCUT2D eigenvalue weighted by atomic mass is 32.2. The Kier molecular flexibility index (Phi) is 6.64. The molecule has 1 aromatic rings. The molecule has 1 rings (SSSR count). The van der Waals surface area contributed by atoms with Gasteiger partial charge in [-0.1, -0.05) is 25.1 Å². The largest absolute Gasteiger partial charge is 0.466 e. The van der Waals surface area contributed by atoms with Gasteiger partial charge in [0.1, 0.15) is 0 Å². The van der Waals surface area contributed by atoms with Crippen LogP contribution in [0.1, 0.15) is 25.8 Å². The van der Waals surface area contributed by atoms with E-state index in [1.807, 2.05) is 6.07 Å². The SMILES string of the molecule is CCOC(=O)CCS(=O)(=O)N(CC)Cc1ccccc1N. The lowest BCUT2D eigenvalue weighted by Crippen LogP contribution is -2.33. The maximum absolute atomic E-state index is 12.3. The van der Waals surface area contributed by atoms with Gasteiger partial charge in [0.2, 0.25) is 10.0 Å². The number of carbonyl (C=O) groups excluding carboxylic acids is 1. The van der Waals surface area contributed by atoms with E-state index in [4.69, 9.17) is 10.5 Å². The third-order valence-electron chi connectivity index (χ3n) is 3.02. The van der Waals surface area contributed by atoms with Crippen molar-refractivity contribution >= 4 is 21.7 Å². The first-order valence-electron chi connectivity index (χ1n) is 6.87. The number of hydrogen-bond acceptors (Lipinski definition) is 5. The fraction of sp³-hybridized carbons (Fsp3) is 0.500. The average Bonchev–Trinajstić information content (AvgIpc) is 2.44. The fourth-order valence-corrected chi connectivity index (χ4v) is 3.26. The molecule has 0 aliphatic heterocycles. The number of nitrogen functional groups attached to an aromatic ring is 1. The van der Waals surface area contributed by atoms with Gasteiger partial charge in [0.05, 0.1) is 18.8 Å². The first-order valence-corrected chi connectivity index (χ1v) is 8.48. The average molecular weight is 314 g/mol. The second kappa shape index (κ2) is 7.99. The Balaban J connectivity index is 2.74. The summed E-state index contributed by atoms with van der Waals surface area (Å²) in [4.78, 5) is 11.3. The molecule has 21 heavy (non-hydrogen) atoms. The zero-order chi connectivity index (χ0) is 15.9. The normalized spacial score (nSPS) is 11.6. The van der Waals surface area contributed by atoms with Crippen LogP contribution in [-0.2, 0) is 26.1 Å². The number of para-hydroxylation sites is 1. The number of rotatable bonds is 8. The summed E-state index contributed by atoms with van der Waals surface area (Å²) in [6.45, 7) is 4.20. The van der Waals surface area contributed by atoms with Crippen molar-refractivity contribution in [2.45, 2.75) is 26.8 Å². The lowest BCUT2D eigenvalue weighted by molar-refractivity contribution is -0.142. The summed E-state index contributed by atoms with van der Waals surface area (Å²) < 4.78 is 30.6. The van der Waals surface area contributed by atoms with Crippen LogP contribution in [0.4, 0.5) is 5.69 Å². The van der Waals surface area contributed by atoms with Crippen molar-refractivity contribution in [2.75, 3.05) is 24.6 Å². The summed E-state index contributed by atoms with van der Waals surface area (Å²) in [7, 11) is -3.52. The van der Waals surface area contributed by atoms with Crippen molar-refractivity contribution in [1.29, 1.82) is 0 Å². The predicted molar refractivity (Wildman–Crippen MR) is 82.0 cm³/mol. The van der Waals surface area contributed by atoms with Gasteiger partial charge in [-0.25, -0.2) is 8.42 Å². The van der Waals surface area contributed by atoms with Crippen LogP contribution in [0.15, 0.2) is 24.3 Å². The van der Waals surface area contributed by atoms with Crippen LogP contribution < -0.4 is 5.73 Å². The van der Waals surface area contributed by atoms with Gasteiger partial charge in [-0.2, -0.15) is 4.31 Å². The van der Waals surface area contributed by atoms with Crippen molar-refractivity contribution < 1.29 is 17.9 Å². The molecule has 0 aliphatic rings. The topological polar surface area (TPSA) is 89.7 Å². The molecule has 0 aliphatic carbocycles. The molecule has 0 unspecified atom stereocenters. The van der Waals surface area contributed by atoms with E-state index in [2.05, 4.69) is 0 Å². The van der Waals surface area contributed by atoms with E-state index in [0.29, 0.717) is 12.2 Å². The lowest BCUT2D eigenvalue weighted by atomic mass is 10.2. The molecule has 0 atom stereocenters. The molecule has 0 bridgehead atoms. The summed E-state index contributed by atoms with van der Waals surface area (Å²) >= 11 is 0. The smallest absolute Gasteiger partial charge is 0.306 e. The number of esters is 1. The number of nitrogens with zero attached hydrogens (tertiary/aromatic N) is 1. The van der Waals surface area contributed by atoms with Gasteiger partial charge < -0.3 is 10.5 Å². The number of anilines is 1. The Morgan fingerprint density at radius 1 is 1.29 bits per heavy atom.